The van der Waals surface area contributed by atoms with E-state index in [2.05, 4.69) is 23.9 Å². The van der Waals surface area contributed by atoms with Crippen molar-refractivity contribution in [1.29, 1.82) is 0 Å². The Morgan fingerprint density at radius 3 is 2.62 bits per heavy atom. The third kappa shape index (κ3) is 7.21. The predicted molar refractivity (Wildman–Crippen MR) is 206 cm³/mol. The molecule has 1 aliphatic heterocycles. The Morgan fingerprint density at radius 1 is 1.17 bits per heavy atom. The summed E-state index contributed by atoms with van der Waals surface area (Å²) in [6.07, 6.45) is 9.06. The number of thiazole rings is 1. The van der Waals surface area contributed by atoms with E-state index in [1.807, 2.05) is 35.7 Å². The van der Waals surface area contributed by atoms with Crippen molar-refractivity contribution >= 4 is 61.6 Å². The third-order valence-electron chi connectivity index (χ3n) is 11.8. The van der Waals surface area contributed by atoms with Gasteiger partial charge in [-0.2, -0.15) is 0 Å². The van der Waals surface area contributed by atoms with E-state index in [0.717, 1.165) is 40.9 Å². The highest BCUT2D eigenvalue weighted by Gasteiger charge is 2.63. The first-order chi connectivity index (χ1) is 25.2. The highest BCUT2D eigenvalue weighted by molar-refractivity contribution is 7.91. The number of halogens is 1. The van der Waals surface area contributed by atoms with Crippen molar-refractivity contribution in [3.63, 3.8) is 0 Å². The summed E-state index contributed by atoms with van der Waals surface area (Å²) in [6.45, 7) is 6.40. The van der Waals surface area contributed by atoms with E-state index in [4.69, 9.17) is 26.3 Å². The number of hydrogen-bond acceptors (Lipinski definition) is 9. The molecule has 14 heteroatoms. The van der Waals surface area contributed by atoms with E-state index in [1.54, 1.807) is 26.0 Å². The largest absolute Gasteiger partial charge is 0.495 e. The quantitative estimate of drug-likeness (QED) is 0.250. The van der Waals surface area contributed by atoms with E-state index in [9.17, 15) is 22.8 Å². The lowest BCUT2D eigenvalue weighted by Crippen LogP contribution is -2.55. The Balaban J connectivity index is 1.21. The molecule has 284 valence electrons. The fourth-order valence-electron chi connectivity index (χ4n) is 7.94. The summed E-state index contributed by atoms with van der Waals surface area (Å²) in [7, 11) is -0.560. The zero-order valence-electron chi connectivity index (χ0n) is 30.9. The first-order valence-electron chi connectivity index (χ1n) is 18.6. The summed E-state index contributed by atoms with van der Waals surface area (Å²) < 4.78 is 33.1. The van der Waals surface area contributed by atoms with Crippen LogP contribution in [0.15, 0.2) is 35.7 Å². The normalized spacial score (nSPS) is 27.8. The number of fused-ring (bicyclic) bond motifs is 3. The minimum atomic E-state index is -3.92. The molecule has 2 N–H and O–H groups in total. The number of ether oxygens (including phenoxy) is 1. The van der Waals surface area contributed by atoms with Gasteiger partial charge < -0.3 is 15.0 Å². The maximum absolute atomic E-state index is 14.4. The topological polar surface area (TPSA) is 148 Å². The zero-order valence-corrected chi connectivity index (χ0v) is 33.3. The Labute approximate surface area is 320 Å². The summed E-state index contributed by atoms with van der Waals surface area (Å²) >= 11 is 8.38. The Bertz CT molecular complexity index is 2100. The van der Waals surface area contributed by atoms with Crippen molar-refractivity contribution < 1.29 is 27.5 Å². The summed E-state index contributed by atoms with van der Waals surface area (Å²) in [6, 6.07) is 5.81. The molecule has 0 spiro atoms. The van der Waals surface area contributed by atoms with Crippen LogP contribution in [0.5, 0.6) is 5.75 Å². The second kappa shape index (κ2) is 14.3. The number of allylic oxidation sites excluding steroid dienone is 1. The van der Waals surface area contributed by atoms with Crippen LogP contribution in [0, 0.1) is 23.7 Å². The molecule has 7 rings (SSSR count). The number of rotatable bonds is 8. The summed E-state index contributed by atoms with van der Waals surface area (Å²) in [5, 5.41) is 7.10. The fraction of sp³-hybridized carbons (Fsp3) is 0.564. The molecule has 3 heterocycles. The molecule has 3 amide bonds. The molecule has 2 aromatic heterocycles. The number of sulfonamides is 1. The Kier molecular flexibility index (Phi) is 10.2. The lowest BCUT2D eigenvalue weighted by atomic mass is 9.93. The second-order valence-electron chi connectivity index (χ2n) is 16.0. The first-order valence-corrected chi connectivity index (χ1v) is 21.3. The number of methoxy groups -OCH3 is 1. The van der Waals surface area contributed by atoms with Crippen LogP contribution >= 0.6 is 22.9 Å². The number of hydrogen-bond donors (Lipinski definition) is 2. The number of nitrogens with one attached hydrogen (secondary N) is 2. The van der Waals surface area contributed by atoms with Gasteiger partial charge in [-0.05, 0) is 100 Å². The summed E-state index contributed by atoms with van der Waals surface area (Å²) in [5.74, 6) is -2.11. The van der Waals surface area contributed by atoms with Gasteiger partial charge in [0.25, 0.3) is 5.91 Å². The molecule has 1 aromatic carbocycles. The van der Waals surface area contributed by atoms with Crippen LogP contribution in [0.4, 0.5) is 0 Å². The van der Waals surface area contributed by atoms with Gasteiger partial charge in [-0.15, -0.1) is 11.3 Å². The summed E-state index contributed by atoms with van der Waals surface area (Å²) in [5.41, 5.74) is 1.87. The fourth-order valence-corrected chi connectivity index (χ4v) is 10.5. The number of benzene rings is 1. The van der Waals surface area contributed by atoms with Crippen LogP contribution in [0.2, 0.25) is 5.02 Å². The molecule has 4 aliphatic rings. The van der Waals surface area contributed by atoms with Crippen molar-refractivity contribution in [2.45, 2.75) is 94.8 Å². The highest BCUT2D eigenvalue weighted by Crippen LogP contribution is 2.49. The number of nitrogens with zero attached hydrogens (tertiary/aromatic N) is 3. The number of carbonyl (C=O) groups excluding carboxylic acids is 3. The van der Waals surface area contributed by atoms with Crippen molar-refractivity contribution in [1.82, 2.24) is 24.9 Å². The molecule has 3 aromatic rings. The van der Waals surface area contributed by atoms with Crippen LogP contribution < -0.4 is 14.8 Å². The van der Waals surface area contributed by atoms with Crippen molar-refractivity contribution in [2.75, 3.05) is 20.7 Å². The van der Waals surface area contributed by atoms with Crippen LogP contribution in [0.25, 0.3) is 21.6 Å². The molecule has 5 atom stereocenters. The molecule has 0 radical (unpaired) electrons. The van der Waals surface area contributed by atoms with Gasteiger partial charge in [-0.3, -0.25) is 19.1 Å². The minimum absolute atomic E-state index is 0.0551. The van der Waals surface area contributed by atoms with Gasteiger partial charge >= 0.3 is 0 Å². The van der Waals surface area contributed by atoms with Crippen LogP contribution in [0.1, 0.15) is 89.3 Å². The van der Waals surface area contributed by atoms with E-state index in [-0.39, 0.29) is 23.7 Å². The van der Waals surface area contributed by atoms with Crippen molar-refractivity contribution in [3.05, 3.63) is 52.0 Å². The number of amides is 3. The van der Waals surface area contributed by atoms with Crippen molar-refractivity contribution in [3.8, 4) is 16.5 Å². The molecule has 0 bridgehead atoms. The first kappa shape index (κ1) is 37.8. The van der Waals surface area contributed by atoms with Gasteiger partial charge in [-0.25, -0.2) is 18.4 Å². The second-order valence-corrected chi connectivity index (χ2v) is 19.4. The number of aromatic nitrogens is 2. The highest BCUT2D eigenvalue weighted by atomic mass is 35.5. The molecular weight excluding hydrogens is 734 g/mol. The maximum atomic E-state index is 14.4. The lowest BCUT2D eigenvalue weighted by molar-refractivity contribution is -0.140. The van der Waals surface area contributed by atoms with E-state index < -0.39 is 44.0 Å². The van der Waals surface area contributed by atoms with Gasteiger partial charge in [-0.1, -0.05) is 37.6 Å². The zero-order chi connectivity index (χ0) is 37.9. The molecule has 3 saturated carbocycles. The van der Waals surface area contributed by atoms with Gasteiger partial charge in [0, 0.05) is 42.1 Å². The Morgan fingerprint density at radius 2 is 1.92 bits per heavy atom. The molecule has 0 unspecified atom stereocenters. The van der Waals surface area contributed by atoms with Gasteiger partial charge in [0.15, 0.2) is 0 Å². The van der Waals surface area contributed by atoms with E-state index in [0.29, 0.717) is 67.1 Å². The van der Waals surface area contributed by atoms with Crippen LogP contribution in [0.3, 0.4) is 0 Å². The molecule has 0 saturated heterocycles. The minimum Gasteiger partial charge on any atom is -0.495 e. The number of carbonyl (C=O) groups is 3. The molecule has 53 heavy (non-hydrogen) atoms. The van der Waals surface area contributed by atoms with E-state index in [1.165, 1.54) is 11.3 Å². The van der Waals surface area contributed by atoms with Crippen LogP contribution in [-0.4, -0.2) is 72.0 Å². The molecular formula is C39H48ClN5O6S2. The predicted octanol–water partition coefficient (Wildman–Crippen LogP) is 6.40. The molecule has 3 aliphatic carbocycles. The monoisotopic (exact) mass is 781 g/mol. The van der Waals surface area contributed by atoms with Gasteiger partial charge in [0.05, 0.1) is 28.8 Å². The van der Waals surface area contributed by atoms with Crippen LogP contribution in [-0.2, 0) is 30.8 Å². The maximum Gasteiger partial charge on any atom is 0.259 e. The summed E-state index contributed by atoms with van der Waals surface area (Å²) in [4.78, 5) is 53.8. The van der Waals surface area contributed by atoms with Gasteiger partial charge in [0.2, 0.25) is 21.8 Å². The SMILES string of the molecule is COc1ccc2c(C[C@@H]3C[C@H]4C(=O)N[C@]5(C(=O)NS(=O)(=O)C6(C)CC6)C[C@H]5/C=C\CCCCN(C)C(=O)[C@@H]4C3)cc(-c3nc(C(C)C)cs3)nc2c1Cl. The Hall–Kier alpha value is -3.55. The average molecular weight is 782 g/mol. The van der Waals surface area contributed by atoms with Gasteiger partial charge in [0.1, 0.15) is 21.3 Å². The van der Waals surface area contributed by atoms with Crippen molar-refractivity contribution in [2.24, 2.45) is 23.7 Å². The van der Waals surface area contributed by atoms with E-state index >= 15 is 0 Å². The number of pyridine rings is 1. The lowest BCUT2D eigenvalue weighted by Gasteiger charge is -2.27. The average Bonchev–Trinajstić information content (AvgIpc) is 3.89. The standard InChI is InChI=1S/C39H48ClN5O6S2/c1-22(2)30-21-52-35(42-30)29-19-24(26-11-12-31(51-5)32(40)33(26)41-29)16-23-17-27-28(18-23)36(47)45(4)15-9-7-6-8-10-25-20-39(25,43-34(27)46)37(48)44-53(49,50)38(3)13-14-38/h8,10-12,19,21-23,25,27-28H,6-7,9,13-18,20H2,1-5H3,(H,43,46)(H,44,48)/b10-8-/t23-,25-,27-,28-,39-/m1/s1. The molecule has 3 fully saturated rings. The smallest absolute Gasteiger partial charge is 0.259 e. The molecule has 11 nitrogen and oxygen atoms in total. The third-order valence-corrected chi connectivity index (χ3v) is 15.2.